The van der Waals surface area contributed by atoms with Crippen molar-refractivity contribution in [3.8, 4) is 11.3 Å². The van der Waals surface area contributed by atoms with E-state index < -0.39 is 0 Å². The molecule has 0 amide bonds. The van der Waals surface area contributed by atoms with Gasteiger partial charge in [-0.2, -0.15) is 5.10 Å². The Morgan fingerprint density at radius 3 is 2.89 bits per heavy atom. The molecule has 0 aliphatic heterocycles. The van der Waals surface area contributed by atoms with Crippen molar-refractivity contribution < 1.29 is 0 Å². The first-order valence-electron chi connectivity index (χ1n) is 8.75. The Kier molecular flexibility index (Phi) is 5.99. The van der Waals surface area contributed by atoms with E-state index in [2.05, 4.69) is 46.5 Å². The molecule has 5 heteroatoms. The largest absolute Gasteiger partial charge is 0.394 e. The molecule has 3 rings (SSSR count). The fraction of sp³-hybridized carbons (Fsp3) is 0.136. The van der Waals surface area contributed by atoms with Crippen LogP contribution in [0.1, 0.15) is 12.5 Å². The molecule has 3 N–H and O–H groups in total. The van der Waals surface area contributed by atoms with Crippen molar-refractivity contribution >= 4 is 28.2 Å². The van der Waals surface area contributed by atoms with Crippen LogP contribution in [0.4, 0.5) is 0 Å². The smallest absolute Gasteiger partial charge is 0.1000 e. The van der Waals surface area contributed by atoms with Gasteiger partial charge in [-0.1, -0.05) is 48.0 Å². The Bertz CT molecular complexity index is 1010. The van der Waals surface area contributed by atoms with E-state index in [1.165, 1.54) is 5.57 Å². The fourth-order valence-electron chi connectivity index (χ4n) is 2.77. The molecule has 3 aromatic rings. The maximum absolute atomic E-state index is 6.13. The van der Waals surface area contributed by atoms with Gasteiger partial charge in [-0.25, -0.2) is 0 Å². The fourth-order valence-corrected chi connectivity index (χ4v) is 2.96. The second-order valence-corrected chi connectivity index (χ2v) is 6.77. The molecule has 0 fully saturated rings. The van der Waals surface area contributed by atoms with E-state index >= 15 is 0 Å². The van der Waals surface area contributed by atoms with Crippen LogP contribution < -0.4 is 10.6 Å². The third-order valence-corrected chi connectivity index (χ3v) is 4.47. The first-order valence-corrected chi connectivity index (χ1v) is 9.13. The Morgan fingerprint density at radius 1 is 1.26 bits per heavy atom. The third kappa shape index (κ3) is 4.60. The van der Waals surface area contributed by atoms with Gasteiger partial charge in [0.2, 0.25) is 0 Å². The number of benzene rings is 2. The van der Waals surface area contributed by atoms with Crippen LogP contribution in [0.15, 0.2) is 73.0 Å². The number of nitrogens with one attached hydrogen (secondary N) is 3. The molecule has 0 spiro atoms. The molecule has 0 aliphatic rings. The van der Waals surface area contributed by atoms with Crippen molar-refractivity contribution in [2.75, 3.05) is 13.6 Å². The topological polar surface area (TPSA) is 52.7 Å². The average molecular weight is 379 g/mol. The van der Waals surface area contributed by atoms with Gasteiger partial charge in [-0.15, -0.1) is 0 Å². The Morgan fingerprint density at radius 2 is 2.11 bits per heavy atom. The summed E-state index contributed by atoms with van der Waals surface area (Å²) in [5, 5.41) is 15.6. The van der Waals surface area contributed by atoms with E-state index in [1.54, 1.807) is 0 Å². The Balaban J connectivity index is 1.81. The van der Waals surface area contributed by atoms with E-state index in [4.69, 9.17) is 11.6 Å². The standard InChI is InChI=1S/C22H23ClN4/c1-15(6-5-11-24-3)14-25-16(2)17-9-10-21-20(13-17)22(27-26-21)18-7-4-8-19(23)12-18/h4-13,24-25H,2,14H2,1,3H3,(H,26,27)/b11-5-,15-6+. The molecular formula is C22H23ClN4. The van der Waals surface area contributed by atoms with Crippen LogP contribution in [0.5, 0.6) is 0 Å². The van der Waals surface area contributed by atoms with Crippen LogP contribution >= 0.6 is 11.6 Å². The van der Waals surface area contributed by atoms with E-state index in [1.807, 2.05) is 55.7 Å². The van der Waals surface area contributed by atoms with Crippen molar-refractivity contribution in [1.82, 2.24) is 20.8 Å². The van der Waals surface area contributed by atoms with Crippen LogP contribution in [-0.2, 0) is 0 Å². The van der Waals surface area contributed by atoms with E-state index in [0.717, 1.165) is 40.0 Å². The molecule has 1 heterocycles. The van der Waals surface area contributed by atoms with Gasteiger partial charge in [-0.3, -0.25) is 5.10 Å². The average Bonchev–Trinajstić information content (AvgIpc) is 3.09. The predicted octanol–water partition coefficient (Wildman–Crippen LogP) is 5.12. The summed E-state index contributed by atoms with van der Waals surface area (Å²) < 4.78 is 0. The monoisotopic (exact) mass is 378 g/mol. The molecule has 138 valence electrons. The first-order chi connectivity index (χ1) is 13.1. The molecule has 0 saturated heterocycles. The van der Waals surface area contributed by atoms with Crippen molar-refractivity contribution in [3.05, 3.63) is 83.6 Å². The molecule has 0 radical (unpaired) electrons. The number of hydrogen-bond donors (Lipinski definition) is 3. The number of hydrogen-bond acceptors (Lipinski definition) is 3. The van der Waals surface area contributed by atoms with Crippen LogP contribution in [-0.4, -0.2) is 23.8 Å². The summed E-state index contributed by atoms with van der Waals surface area (Å²) in [6, 6.07) is 13.9. The van der Waals surface area contributed by atoms with Gasteiger partial charge < -0.3 is 10.6 Å². The number of aromatic nitrogens is 2. The minimum atomic E-state index is 0.695. The summed E-state index contributed by atoms with van der Waals surface area (Å²) in [5.41, 5.74) is 5.97. The van der Waals surface area contributed by atoms with Crippen molar-refractivity contribution in [3.63, 3.8) is 0 Å². The summed E-state index contributed by atoms with van der Waals surface area (Å²) in [6.07, 6.45) is 5.93. The molecular weight excluding hydrogens is 356 g/mol. The van der Waals surface area contributed by atoms with Gasteiger partial charge in [0, 0.05) is 35.3 Å². The molecule has 0 bridgehead atoms. The van der Waals surface area contributed by atoms with E-state index in [-0.39, 0.29) is 0 Å². The normalized spacial score (nSPS) is 11.9. The summed E-state index contributed by atoms with van der Waals surface area (Å²) in [6.45, 7) is 6.99. The Hall–Kier alpha value is -2.98. The minimum Gasteiger partial charge on any atom is -0.394 e. The molecule has 27 heavy (non-hydrogen) atoms. The number of fused-ring (bicyclic) bond motifs is 1. The maximum atomic E-state index is 6.13. The van der Waals surface area contributed by atoms with Crippen LogP contribution in [0.25, 0.3) is 27.9 Å². The van der Waals surface area contributed by atoms with Crippen molar-refractivity contribution in [1.29, 1.82) is 0 Å². The lowest BCUT2D eigenvalue weighted by molar-refractivity contribution is 0.958. The number of rotatable bonds is 7. The van der Waals surface area contributed by atoms with Crippen molar-refractivity contribution in [2.45, 2.75) is 6.92 Å². The minimum absolute atomic E-state index is 0.695. The zero-order valence-electron chi connectivity index (χ0n) is 15.5. The molecule has 0 atom stereocenters. The second kappa shape index (κ2) is 8.60. The molecule has 1 aromatic heterocycles. The Labute approximate surface area is 164 Å². The lowest BCUT2D eigenvalue weighted by Crippen LogP contribution is -2.13. The summed E-state index contributed by atoms with van der Waals surface area (Å²) >= 11 is 6.13. The van der Waals surface area contributed by atoms with E-state index in [9.17, 15) is 0 Å². The third-order valence-electron chi connectivity index (χ3n) is 4.23. The van der Waals surface area contributed by atoms with E-state index in [0.29, 0.717) is 5.02 Å². The second-order valence-electron chi connectivity index (χ2n) is 6.34. The highest BCUT2D eigenvalue weighted by atomic mass is 35.5. The number of allylic oxidation sites excluding steroid dienone is 2. The maximum Gasteiger partial charge on any atom is 0.1000 e. The van der Waals surface area contributed by atoms with Crippen LogP contribution in [0.2, 0.25) is 5.02 Å². The highest BCUT2D eigenvalue weighted by molar-refractivity contribution is 6.30. The van der Waals surface area contributed by atoms with Gasteiger partial charge in [0.25, 0.3) is 0 Å². The lowest BCUT2D eigenvalue weighted by atomic mass is 10.0. The molecule has 4 nitrogen and oxygen atoms in total. The first kappa shape index (κ1) is 18.8. The summed E-state index contributed by atoms with van der Waals surface area (Å²) in [7, 11) is 1.88. The van der Waals surface area contributed by atoms with Gasteiger partial charge in [-0.05, 0) is 49.0 Å². The quantitative estimate of drug-likeness (QED) is 0.500. The highest BCUT2D eigenvalue weighted by Crippen LogP contribution is 2.29. The van der Waals surface area contributed by atoms with Gasteiger partial charge in [0.15, 0.2) is 0 Å². The van der Waals surface area contributed by atoms with Gasteiger partial charge in [0.1, 0.15) is 0 Å². The molecule has 0 aliphatic carbocycles. The van der Waals surface area contributed by atoms with Gasteiger partial charge in [0.05, 0.1) is 11.2 Å². The van der Waals surface area contributed by atoms with Crippen molar-refractivity contribution in [2.24, 2.45) is 0 Å². The highest BCUT2D eigenvalue weighted by Gasteiger charge is 2.10. The summed E-state index contributed by atoms with van der Waals surface area (Å²) in [4.78, 5) is 0. The number of H-pyrrole nitrogens is 1. The molecule has 2 aromatic carbocycles. The van der Waals surface area contributed by atoms with Crippen LogP contribution in [0, 0.1) is 0 Å². The lowest BCUT2D eigenvalue weighted by Gasteiger charge is -2.10. The molecule has 0 unspecified atom stereocenters. The summed E-state index contributed by atoms with van der Waals surface area (Å²) in [5.74, 6) is 0. The predicted molar refractivity (Wildman–Crippen MR) is 116 cm³/mol. The number of halogens is 1. The SMILES string of the molecule is C=C(NC/C(C)=C/C=C\NC)c1ccc2[nH]nc(-c3cccc(Cl)c3)c2c1. The number of nitrogens with zero attached hydrogens (tertiary/aromatic N) is 1. The molecule has 0 saturated carbocycles. The zero-order valence-corrected chi connectivity index (χ0v) is 16.3. The van der Waals surface area contributed by atoms with Crippen LogP contribution in [0.3, 0.4) is 0 Å². The number of aromatic amines is 1. The zero-order chi connectivity index (χ0) is 19.2. The van der Waals surface area contributed by atoms with Gasteiger partial charge >= 0.3 is 0 Å².